The van der Waals surface area contributed by atoms with E-state index in [0.29, 0.717) is 26.1 Å². The van der Waals surface area contributed by atoms with Crippen molar-refractivity contribution in [3.05, 3.63) is 0 Å². The minimum atomic E-state index is -1.06. The summed E-state index contributed by atoms with van der Waals surface area (Å²) in [5.41, 5.74) is 0. The highest BCUT2D eigenvalue weighted by Gasteiger charge is 2.22. The molecule has 0 saturated heterocycles. The van der Waals surface area contributed by atoms with Gasteiger partial charge in [0.15, 0.2) is 0 Å². The van der Waals surface area contributed by atoms with E-state index >= 15 is 0 Å². The van der Waals surface area contributed by atoms with E-state index in [1.54, 1.807) is 13.8 Å². The largest absolute Gasteiger partial charge is 0.480 e. The number of amides is 3. The summed E-state index contributed by atoms with van der Waals surface area (Å²) < 4.78 is 0. The van der Waals surface area contributed by atoms with Gasteiger partial charge >= 0.3 is 12.0 Å². The van der Waals surface area contributed by atoms with Gasteiger partial charge in [0.1, 0.15) is 13.1 Å². The molecule has 110 valence electrons. The van der Waals surface area contributed by atoms with Gasteiger partial charge in [-0.15, -0.1) is 0 Å². The Kier molecular flexibility index (Phi) is 8.32. The van der Waals surface area contributed by atoms with Gasteiger partial charge in [0.25, 0.3) is 0 Å². The van der Waals surface area contributed by atoms with Gasteiger partial charge in [-0.05, 0) is 20.3 Å². The Labute approximate surface area is 113 Å². The highest BCUT2D eigenvalue weighted by atomic mass is 16.4. The quantitative estimate of drug-likeness (QED) is 0.668. The molecule has 0 atom stereocenters. The molecule has 0 aliphatic rings. The average Bonchev–Trinajstić information content (AvgIpc) is 2.34. The third-order valence-corrected chi connectivity index (χ3v) is 2.45. The normalized spacial score (nSPS) is 9.84. The lowest BCUT2D eigenvalue weighted by molar-refractivity contribution is -0.137. The van der Waals surface area contributed by atoms with Crippen LogP contribution in [0.3, 0.4) is 0 Å². The van der Waals surface area contributed by atoms with Crippen LogP contribution in [0.15, 0.2) is 0 Å². The number of carbonyl (C=O) groups excluding carboxylic acids is 2. The summed E-state index contributed by atoms with van der Waals surface area (Å²) in [6.45, 7) is 6.22. The standard InChI is InChI=1S/C12H23N3O4/c1-4-7-15(9-11(17)18)12(19)14(6-3)8-10(16)13-5-2/h4-9H2,1-3H3,(H,13,16)(H,17,18). The molecule has 7 nitrogen and oxygen atoms in total. The van der Waals surface area contributed by atoms with Crippen LogP contribution in [0.5, 0.6) is 0 Å². The molecule has 0 heterocycles. The van der Waals surface area contributed by atoms with Crippen molar-refractivity contribution in [1.82, 2.24) is 15.1 Å². The Morgan fingerprint density at radius 2 is 1.68 bits per heavy atom. The van der Waals surface area contributed by atoms with Crippen LogP contribution in [0.2, 0.25) is 0 Å². The minimum absolute atomic E-state index is 0.0526. The molecule has 7 heteroatoms. The first kappa shape index (κ1) is 17.2. The smallest absolute Gasteiger partial charge is 0.323 e. The predicted molar refractivity (Wildman–Crippen MR) is 70.8 cm³/mol. The fourth-order valence-corrected chi connectivity index (χ4v) is 1.62. The molecule has 19 heavy (non-hydrogen) atoms. The van der Waals surface area contributed by atoms with E-state index in [1.165, 1.54) is 9.80 Å². The van der Waals surface area contributed by atoms with Crippen LogP contribution in [0.4, 0.5) is 4.79 Å². The topological polar surface area (TPSA) is 90.0 Å². The monoisotopic (exact) mass is 273 g/mol. The van der Waals surface area contributed by atoms with Crippen molar-refractivity contribution in [3.63, 3.8) is 0 Å². The molecule has 2 N–H and O–H groups in total. The zero-order chi connectivity index (χ0) is 14.8. The van der Waals surface area contributed by atoms with E-state index in [9.17, 15) is 14.4 Å². The lowest BCUT2D eigenvalue weighted by atomic mass is 10.4. The molecule has 0 aromatic heterocycles. The lowest BCUT2D eigenvalue weighted by Crippen LogP contribution is -2.49. The minimum Gasteiger partial charge on any atom is -0.480 e. The first-order chi connectivity index (χ1) is 8.96. The van der Waals surface area contributed by atoms with Gasteiger partial charge in [-0.3, -0.25) is 9.59 Å². The number of hydrogen-bond donors (Lipinski definition) is 2. The van der Waals surface area contributed by atoms with Gasteiger partial charge in [0.2, 0.25) is 5.91 Å². The molecule has 3 amide bonds. The molecule has 0 fully saturated rings. The van der Waals surface area contributed by atoms with Crippen LogP contribution in [0.25, 0.3) is 0 Å². The molecule has 0 aromatic carbocycles. The van der Waals surface area contributed by atoms with Gasteiger partial charge < -0.3 is 20.2 Å². The van der Waals surface area contributed by atoms with Crippen molar-refractivity contribution in [1.29, 1.82) is 0 Å². The highest BCUT2D eigenvalue weighted by Crippen LogP contribution is 2.01. The maximum absolute atomic E-state index is 12.1. The second-order valence-corrected chi connectivity index (χ2v) is 4.07. The Bertz CT molecular complexity index is 320. The zero-order valence-electron chi connectivity index (χ0n) is 11.8. The molecule has 0 rings (SSSR count). The molecule has 0 saturated carbocycles. The van der Waals surface area contributed by atoms with Crippen LogP contribution in [0.1, 0.15) is 27.2 Å². The maximum atomic E-state index is 12.1. The summed E-state index contributed by atoms with van der Waals surface area (Å²) >= 11 is 0. The molecular weight excluding hydrogens is 250 g/mol. The van der Waals surface area contributed by atoms with E-state index in [4.69, 9.17) is 5.11 Å². The molecule has 0 spiro atoms. The van der Waals surface area contributed by atoms with E-state index in [2.05, 4.69) is 5.32 Å². The van der Waals surface area contributed by atoms with E-state index in [0.717, 1.165) is 0 Å². The molecule has 0 radical (unpaired) electrons. The van der Waals surface area contributed by atoms with Gasteiger partial charge in [-0.1, -0.05) is 6.92 Å². The third-order valence-electron chi connectivity index (χ3n) is 2.45. The van der Waals surface area contributed by atoms with Crippen molar-refractivity contribution in [2.24, 2.45) is 0 Å². The number of carboxylic acid groups (broad SMARTS) is 1. The van der Waals surface area contributed by atoms with Crippen LogP contribution in [-0.4, -0.2) is 65.5 Å². The SMILES string of the molecule is CCCN(CC(=O)O)C(=O)N(CC)CC(=O)NCC. The molecule has 0 unspecified atom stereocenters. The first-order valence-electron chi connectivity index (χ1n) is 6.48. The Balaban J connectivity index is 4.66. The summed E-state index contributed by atoms with van der Waals surface area (Å²) in [7, 11) is 0. The van der Waals surface area contributed by atoms with Gasteiger partial charge in [-0.25, -0.2) is 4.79 Å². The van der Waals surface area contributed by atoms with Crippen LogP contribution >= 0.6 is 0 Å². The lowest BCUT2D eigenvalue weighted by Gasteiger charge is -2.28. The Hall–Kier alpha value is -1.79. The van der Waals surface area contributed by atoms with Gasteiger partial charge in [-0.2, -0.15) is 0 Å². The number of carbonyl (C=O) groups is 3. The zero-order valence-corrected chi connectivity index (χ0v) is 11.8. The maximum Gasteiger partial charge on any atom is 0.323 e. The number of urea groups is 1. The van der Waals surface area contributed by atoms with Crippen LogP contribution in [-0.2, 0) is 9.59 Å². The van der Waals surface area contributed by atoms with E-state index in [-0.39, 0.29) is 19.0 Å². The second kappa shape index (κ2) is 9.18. The van der Waals surface area contributed by atoms with E-state index in [1.807, 2.05) is 6.92 Å². The predicted octanol–water partition coefficient (Wildman–Crippen LogP) is 0.361. The fourth-order valence-electron chi connectivity index (χ4n) is 1.62. The van der Waals surface area contributed by atoms with Crippen molar-refractivity contribution in [2.75, 3.05) is 32.7 Å². The van der Waals surface area contributed by atoms with Crippen molar-refractivity contribution >= 4 is 17.9 Å². The summed E-state index contributed by atoms with van der Waals surface area (Å²) in [5.74, 6) is -1.31. The van der Waals surface area contributed by atoms with Crippen LogP contribution in [0, 0.1) is 0 Å². The van der Waals surface area contributed by atoms with Gasteiger partial charge in [0, 0.05) is 19.6 Å². The highest BCUT2D eigenvalue weighted by molar-refractivity contribution is 5.85. The summed E-state index contributed by atoms with van der Waals surface area (Å²) in [5, 5.41) is 11.4. The Morgan fingerprint density at radius 3 is 2.11 bits per heavy atom. The van der Waals surface area contributed by atoms with Crippen molar-refractivity contribution < 1.29 is 19.5 Å². The van der Waals surface area contributed by atoms with Crippen LogP contribution < -0.4 is 5.32 Å². The molecule has 0 bridgehead atoms. The van der Waals surface area contributed by atoms with E-state index < -0.39 is 12.0 Å². The summed E-state index contributed by atoms with van der Waals surface area (Å²) in [6.07, 6.45) is 0.664. The molecule has 0 aliphatic heterocycles. The summed E-state index contributed by atoms with van der Waals surface area (Å²) in [4.78, 5) is 36.9. The summed E-state index contributed by atoms with van der Waals surface area (Å²) in [6, 6.07) is -0.419. The number of aliphatic carboxylic acids is 1. The second-order valence-electron chi connectivity index (χ2n) is 4.07. The number of carboxylic acids is 1. The number of nitrogens with zero attached hydrogens (tertiary/aromatic N) is 2. The molecular formula is C12H23N3O4. The fraction of sp³-hybridized carbons (Fsp3) is 0.750. The van der Waals surface area contributed by atoms with Gasteiger partial charge in [0.05, 0.1) is 0 Å². The molecule has 0 aromatic rings. The number of nitrogens with one attached hydrogen (secondary N) is 1. The average molecular weight is 273 g/mol. The Morgan fingerprint density at radius 1 is 1.05 bits per heavy atom. The number of likely N-dealkylation sites (N-methyl/N-ethyl adjacent to an activating group) is 2. The van der Waals surface area contributed by atoms with Crippen molar-refractivity contribution in [2.45, 2.75) is 27.2 Å². The third kappa shape index (κ3) is 6.64. The van der Waals surface area contributed by atoms with Crippen molar-refractivity contribution in [3.8, 4) is 0 Å². The molecule has 0 aliphatic carbocycles. The number of rotatable bonds is 8. The first-order valence-corrected chi connectivity index (χ1v) is 6.48. The number of hydrogen-bond acceptors (Lipinski definition) is 3.